The zero-order chi connectivity index (χ0) is 10.8. The molecule has 1 aromatic rings. The Bertz CT molecular complexity index is 241. The maximum Gasteiger partial charge on any atom is 0.0945 e. The Morgan fingerprint density at radius 2 is 2.13 bits per heavy atom. The molecule has 0 saturated heterocycles. The van der Waals surface area contributed by atoms with E-state index in [2.05, 4.69) is 21.4 Å². The lowest BCUT2D eigenvalue weighted by molar-refractivity contribution is 0.562. The molecule has 1 aromatic heterocycles. The van der Waals surface area contributed by atoms with Crippen LogP contribution in [-0.2, 0) is 6.54 Å². The van der Waals surface area contributed by atoms with Crippen LogP contribution in [0.5, 0.6) is 0 Å². The van der Waals surface area contributed by atoms with Gasteiger partial charge in [-0.2, -0.15) is 0 Å². The maximum atomic E-state index is 4.01. The average Bonchev–Trinajstić information content (AvgIpc) is 2.75. The Balaban J connectivity index is 1.83. The summed E-state index contributed by atoms with van der Waals surface area (Å²) < 4.78 is 2.12. The number of nitrogens with one attached hydrogen (secondary N) is 1. The van der Waals surface area contributed by atoms with Crippen LogP contribution in [0.2, 0.25) is 0 Å². The molecule has 0 unspecified atom stereocenters. The molecule has 84 valence electrons. The van der Waals surface area contributed by atoms with Crippen LogP contribution in [0, 0.1) is 0 Å². The lowest BCUT2D eigenvalue weighted by atomic mass is 10.3. The molecule has 0 aliphatic carbocycles. The summed E-state index contributed by atoms with van der Waals surface area (Å²) in [5.41, 5.74) is 0. The van der Waals surface area contributed by atoms with Gasteiger partial charge in [-0.15, -0.1) is 6.58 Å². The fourth-order valence-electron chi connectivity index (χ4n) is 1.46. The molecule has 1 heterocycles. The van der Waals surface area contributed by atoms with Gasteiger partial charge in [0.05, 0.1) is 6.33 Å². The number of hydrogen-bond donors (Lipinski definition) is 1. The van der Waals surface area contributed by atoms with Gasteiger partial charge in [0.2, 0.25) is 0 Å². The second kappa shape index (κ2) is 8.24. The molecule has 15 heavy (non-hydrogen) atoms. The van der Waals surface area contributed by atoms with Gasteiger partial charge in [-0.3, -0.25) is 0 Å². The summed E-state index contributed by atoms with van der Waals surface area (Å²) in [4.78, 5) is 4.01. The monoisotopic (exact) mass is 207 g/mol. The van der Waals surface area contributed by atoms with Gasteiger partial charge < -0.3 is 9.88 Å². The van der Waals surface area contributed by atoms with Gasteiger partial charge in [-0.05, 0) is 38.8 Å². The number of aromatic nitrogens is 2. The first kappa shape index (κ1) is 12.0. The molecule has 0 spiro atoms. The van der Waals surface area contributed by atoms with Crippen LogP contribution in [0.15, 0.2) is 31.4 Å². The Hall–Kier alpha value is -1.09. The van der Waals surface area contributed by atoms with Gasteiger partial charge in [0.15, 0.2) is 0 Å². The highest BCUT2D eigenvalue weighted by molar-refractivity contribution is 4.73. The number of hydrogen-bond acceptors (Lipinski definition) is 2. The smallest absolute Gasteiger partial charge is 0.0945 e. The van der Waals surface area contributed by atoms with Gasteiger partial charge in [0, 0.05) is 18.9 Å². The van der Waals surface area contributed by atoms with E-state index >= 15 is 0 Å². The molecule has 0 fully saturated rings. The maximum absolute atomic E-state index is 4.01. The lowest BCUT2D eigenvalue weighted by Gasteiger charge is -2.04. The first-order valence-corrected chi connectivity index (χ1v) is 5.71. The van der Waals surface area contributed by atoms with E-state index in [9.17, 15) is 0 Å². The second-order valence-corrected chi connectivity index (χ2v) is 3.69. The van der Waals surface area contributed by atoms with Crippen molar-refractivity contribution in [3.05, 3.63) is 31.4 Å². The van der Waals surface area contributed by atoms with E-state index < -0.39 is 0 Å². The van der Waals surface area contributed by atoms with Crippen molar-refractivity contribution < 1.29 is 0 Å². The molecule has 0 aliphatic rings. The Labute approximate surface area is 92.2 Å². The minimum Gasteiger partial charge on any atom is -0.337 e. The van der Waals surface area contributed by atoms with Crippen molar-refractivity contribution in [1.82, 2.24) is 14.9 Å². The summed E-state index contributed by atoms with van der Waals surface area (Å²) in [6, 6.07) is 0. The fraction of sp³-hybridized carbons (Fsp3) is 0.583. The fourth-order valence-corrected chi connectivity index (χ4v) is 1.46. The predicted molar refractivity (Wildman–Crippen MR) is 63.8 cm³/mol. The van der Waals surface area contributed by atoms with Crippen molar-refractivity contribution in [2.45, 2.75) is 32.2 Å². The molecule has 1 rings (SSSR count). The molecule has 0 atom stereocenters. The largest absolute Gasteiger partial charge is 0.337 e. The van der Waals surface area contributed by atoms with E-state index in [0.29, 0.717) is 0 Å². The first-order valence-electron chi connectivity index (χ1n) is 5.71. The highest BCUT2D eigenvalue weighted by Crippen LogP contribution is 1.94. The quantitative estimate of drug-likeness (QED) is 0.497. The summed E-state index contributed by atoms with van der Waals surface area (Å²) in [6.07, 6.45) is 12.4. The molecule has 3 heteroatoms. The molecule has 0 radical (unpaired) electrons. The van der Waals surface area contributed by atoms with Crippen LogP contribution in [0.1, 0.15) is 25.7 Å². The van der Waals surface area contributed by atoms with Gasteiger partial charge in [0.25, 0.3) is 0 Å². The highest BCUT2D eigenvalue weighted by atomic mass is 15.0. The third kappa shape index (κ3) is 6.07. The number of allylic oxidation sites excluding steroid dienone is 1. The van der Waals surface area contributed by atoms with Crippen LogP contribution in [0.3, 0.4) is 0 Å². The minimum absolute atomic E-state index is 1.08. The number of unbranched alkanes of at least 4 members (excludes halogenated alkanes) is 2. The van der Waals surface area contributed by atoms with Gasteiger partial charge in [-0.1, -0.05) is 6.08 Å². The zero-order valence-electron chi connectivity index (χ0n) is 9.36. The van der Waals surface area contributed by atoms with Crippen molar-refractivity contribution >= 4 is 0 Å². The van der Waals surface area contributed by atoms with Gasteiger partial charge in [-0.25, -0.2) is 4.98 Å². The molecular formula is C12H21N3. The zero-order valence-corrected chi connectivity index (χ0v) is 9.36. The first-order chi connectivity index (χ1) is 7.43. The van der Waals surface area contributed by atoms with Gasteiger partial charge in [0.1, 0.15) is 0 Å². The topological polar surface area (TPSA) is 29.9 Å². The van der Waals surface area contributed by atoms with Crippen molar-refractivity contribution in [3.63, 3.8) is 0 Å². The van der Waals surface area contributed by atoms with Crippen LogP contribution >= 0.6 is 0 Å². The molecule has 3 nitrogen and oxygen atoms in total. The standard InChI is InChI=1S/C12H21N3/c1-2-3-4-7-13-8-5-6-10-15-11-9-14-12-15/h2,9,11-13H,1,3-8,10H2. The van der Waals surface area contributed by atoms with Gasteiger partial charge >= 0.3 is 0 Å². The normalized spacial score (nSPS) is 10.4. The minimum atomic E-state index is 1.08. The lowest BCUT2D eigenvalue weighted by Crippen LogP contribution is -2.16. The third-order valence-electron chi connectivity index (χ3n) is 2.34. The summed E-state index contributed by atoms with van der Waals surface area (Å²) in [7, 11) is 0. The Morgan fingerprint density at radius 1 is 1.27 bits per heavy atom. The second-order valence-electron chi connectivity index (χ2n) is 3.69. The highest BCUT2D eigenvalue weighted by Gasteiger charge is 1.91. The molecule has 0 aliphatic heterocycles. The summed E-state index contributed by atoms with van der Waals surface area (Å²) in [5, 5.41) is 3.43. The predicted octanol–water partition coefficient (Wildman–Crippen LogP) is 2.22. The van der Waals surface area contributed by atoms with Crippen molar-refractivity contribution in [2.75, 3.05) is 13.1 Å². The van der Waals surface area contributed by atoms with Crippen LogP contribution in [0.25, 0.3) is 0 Å². The van der Waals surface area contributed by atoms with E-state index in [4.69, 9.17) is 0 Å². The van der Waals surface area contributed by atoms with E-state index in [1.165, 1.54) is 19.3 Å². The van der Waals surface area contributed by atoms with E-state index in [-0.39, 0.29) is 0 Å². The summed E-state index contributed by atoms with van der Waals surface area (Å²) in [6.45, 7) is 7.00. The number of aryl methyl sites for hydroxylation is 1. The molecule has 0 aromatic carbocycles. The third-order valence-corrected chi connectivity index (χ3v) is 2.34. The van der Waals surface area contributed by atoms with E-state index in [0.717, 1.165) is 26.1 Å². The summed E-state index contributed by atoms with van der Waals surface area (Å²) in [5.74, 6) is 0. The van der Waals surface area contributed by atoms with Crippen LogP contribution in [0.4, 0.5) is 0 Å². The van der Waals surface area contributed by atoms with Crippen LogP contribution < -0.4 is 5.32 Å². The molecule has 0 amide bonds. The molecule has 1 N–H and O–H groups in total. The van der Waals surface area contributed by atoms with E-state index in [1.54, 1.807) is 0 Å². The molecule has 0 saturated carbocycles. The Kier molecular flexibility index (Phi) is 6.58. The van der Waals surface area contributed by atoms with Crippen molar-refractivity contribution in [1.29, 1.82) is 0 Å². The average molecular weight is 207 g/mol. The summed E-state index contributed by atoms with van der Waals surface area (Å²) >= 11 is 0. The molecular weight excluding hydrogens is 186 g/mol. The number of rotatable bonds is 9. The van der Waals surface area contributed by atoms with E-state index in [1.807, 2.05) is 24.8 Å². The SMILES string of the molecule is C=CCCCNCCCCn1ccnc1. The Morgan fingerprint density at radius 3 is 2.87 bits per heavy atom. The number of imidazole rings is 1. The molecule has 0 bridgehead atoms. The number of nitrogens with zero attached hydrogens (tertiary/aromatic N) is 2. The van der Waals surface area contributed by atoms with Crippen molar-refractivity contribution in [2.24, 2.45) is 0 Å². The van der Waals surface area contributed by atoms with Crippen LogP contribution in [-0.4, -0.2) is 22.6 Å². The van der Waals surface area contributed by atoms with Crippen molar-refractivity contribution in [3.8, 4) is 0 Å².